The molecule has 0 atom stereocenters. The van der Waals surface area contributed by atoms with E-state index in [-0.39, 0.29) is 0 Å². The quantitative estimate of drug-likeness (QED) is 0.732. The number of oxazole rings is 1. The Labute approximate surface area is 126 Å². The largest absolute Gasteiger partial charge is 0.461 e. The first-order chi connectivity index (χ1) is 10.9. The van der Waals surface area contributed by atoms with Gasteiger partial charge in [-0.25, -0.2) is 4.98 Å². The van der Waals surface area contributed by atoms with Crippen LogP contribution < -0.4 is 0 Å². The Hall–Kier alpha value is -2.41. The third-order valence-corrected chi connectivity index (χ3v) is 3.96. The molecule has 1 fully saturated rings. The third kappa shape index (κ3) is 2.67. The van der Waals surface area contributed by atoms with E-state index in [1.165, 1.54) is 0 Å². The maximum absolute atomic E-state index is 5.39. The molecule has 3 aromatic heterocycles. The normalized spacial score (nSPS) is 17.1. The molecule has 0 aromatic carbocycles. The summed E-state index contributed by atoms with van der Waals surface area (Å²) in [6.07, 6.45) is 6.99. The van der Waals surface area contributed by atoms with Gasteiger partial charge in [-0.05, 0) is 38.1 Å². The van der Waals surface area contributed by atoms with E-state index in [4.69, 9.17) is 13.4 Å². The lowest BCUT2D eigenvalue weighted by atomic mass is 9.97. The zero-order valence-corrected chi connectivity index (χ0v) is 12.0. The minimum Gasteiger partial charge on any atom is -0.461 e. The van der Waals surface area contributed by atoms with Crippen molar-refractivity contribution in [1.82, 2.24) is 20.0 Å². The predicted octanol–water partition coefficient (Wildman–Crippen LogP) is 2.70. The summed E-state index contributed by atoms with van der Waals surface area (Å²) < 4.78 is 15.9. The molecule has 22 heavy (non-hydrogen) atoms. The first kappa shape index (κ1) is 13.3. The molecule has 1 aliphatic heterocycles. The Kier molecular flexibility index (Phi) is 3.48. The number of piperidine rings is 1. The van der Waals surface area contributed by atoms with Crippen LogP contribution in [0, 0.1) is 0 Å². The van der Waals surface area contributed by atoms with Crippen molar-refractivity contribution >= 4 is 0 Å². The lowest BCUT2D eigenvalue weighted by Gasteiger charge is -2.29. The molecule has 4 rings (SSSR count). The molecule has 0 aliphatic carbocycles. The first-order valence-electron chi connectivity index (χ1n) is 7.37. The zero-order valence-electron chi connectivity index (χ0n) is 12.0. The summed E-state index contributed by atoms with van der Waals surface area (Å²) in [4.78, 5) is 10.9. The topological polar surface area (TPSA) is 81.3 Å². The van der Waals surface area contributed by atoms with Gasteiger partial charge in [0.25, 0.3) is 0 Å². The average molecular weight is 300 g/mol. The summed E-state index contributed by atoms with van der Waals surface area (Å²) in [5.74, 6) is 2.98. The van der Waals surface area contributed by atoms with Crippen LogP contribution in [0.4, 0.5) is 0 Å². The van der Waals surface area contributed by atoms with Gasteiger partial charge in [0.05, 0.1) is 19.0 Å². The second-order valence-corrected chi connectivity index (χ2v) is 5.41. The molecule has 0 N–H and O–H groups in total. The summed E-state index contributed by atoms with van der Waals surface area (Å²) >= 11 is 0. The van der Waals surface area contributed by atoms with E-state index in [0.29, 0.717) is 29.9 Å². The van der Waals surface area contributed by atoms with Crippen LogP contribution in [0.15, 0.2) is 44.2 Å². The van der Waals surface area contributed by atoms with Gasteiger partial charge in [-0.3, -0.25) is 4.90 Å². The van der Waals surface area contributed by atoms with Crippen LogP contribution in [0.5, 0.6) is 0 Å². The standard InChI is InChI=1S/C15H16N4O3/c1-2-12(20-8-1)14-17-13(22-18-14)10-19-6-3-11(4-7-19)15-16-5-9-21-15/h1-2,5,8-9,11H,3-4,6-7,10H2. The summed E-state index contributed by atoms with van der Waals surface area (Å²) in [7, 11) is 0. The Balaban J connectivity index is 1.35. The fraction of sp³-hybridized carbons (Fsp3) is 0.400. The van der Waals surface area contributed by atoms with Crippen LogP contribution in [0.25, 0.3) is 11.6 Å². The Morgan fingerprint density at radius 3 is 2.82 bits per heavy atom. The first-order valence-corrected chi connectivity index (χ1v) is 7.37. The summed E-state index contributed by atoms with van der Waals surface area (Å²) in [5, 5.41) is 3.95. The lowest BCUT2D eigenvalue weighted by molar-refractivity contribution is 0.172. The molecule has 0 unspecified atom stereocenters. The van der Waals surface area contributed by atoms with E-state index in [1.807, 2.05) is 6.07 Å². The van der Waals surface area contributed by atoms with Crippen LogP contribution in [0.2, 0.25) is 0 Å². The van der Waals surface area contributed by atoms with Crippen molar-refractivity contribution in [2.45, 2.75) is 25.3 Å². The Morgan fingerprint density at radius 2 is 2.09 bits per heavy atom. The monoisotopic (exact) mass is 300 g/mol. The van der Waals surface area contributed by atoms with E-state index >= 15 is 0 Å². The molecule has 7 heteroatoms. The van der Waals surface area contributed by atoms with Crippen molar-refractivity contribution in [1.29, 1.82) is 0 Å². The summed E-state index contributed by atoms with van der Waals surface area (Å²) in [6.45, 7) is 2.59. The van der Waals surface area contributed by atoms with E-state index < -0.39 is 0 Å². The van der Waals surface area contributed by atoms with Gasteiger partial charge in [0.1, 0.15) is 6.26 Å². The summed E-state index contributed by atoms with van der Waals surface area (Å²) in [6, 6.07) is 3.62. The molecular weight excluding hydrogens is 284 g/mol. The molecule has 0 spiro atoms. The average Bonchev–Trinajstić information content (AvgIpc) is 3.30. The maximum Gasteiger partial charge on any atom is 0.241 e. The number of furan rings is 1. The molecule has 3 aromatic rings. The van der Waals surface area contributed by atoms with Gasteiger partial charge in [-0.15, -0.1) is 0 Å². The molecule has 0 amide bonds. The highest BCUT2D eigenvalue weighted by Crippen LogP contribution is 2.27. The van der Waals surface area contributed by atoms with E-state index in [2.05, 4.69) is 20.0 Å². The molecule has 0 radical (unpaired) electrons. The van der Waals surface area contributed by atoms with Crippen molar-refractivity contribution in [3.63, 3.8) is 0 Å². The molecule has 1 saturated heterocycles. The minimum atomic E-state index is 0.410. The molecule has 0 bridgehead atoms. The van der Waals surface area contributed by atoms with Crippen LogP contribution in [-0.4, -0.2) is 33.1 Å². The number of hydrogen-bond acceptors (Lipinski definition) is 7. The van der Waals surface area contributed by atoms with Gasteiger partial charge in [0, 0.05) is 5.92 Å². The molecule has 4 heterocycles. The van der Waals surface area contributed by atoms with Crippen molar-refractivity contribution in [2.24, 2.45) is 0 Å². The van der Waals surface area contributed by atoms with E-state index in [1.54, 1.807) is 24.8 Å². The number of nitrogens with zero attached hydrogens (tertiary/aromatic N) is 4. The zero-order chi connectivity index (χ0) is 14.8. The molecular formula is C15H16N4O3. The fourth-order valence-electron chi connectivity index (χ4n) is 2.79. The fourth-order valence-corrected chi connectivity index (χ4v) is 2.79. The van der Waals surface area contributed by atoms with Crippen molar-refractivity contribution < 1.29 is 13.4 Å². The SMILES string of the molecule is c1coc(-c2noc(CN3CCC(c4ncco4)CC3)n2)c1. The van der Waals surface area contributed by atoms with Gasteiger partial charge in [-0.2, -0.15) is 4.98 Å². The van der Waals surface area contributed by atoms with Crippen LogP contribution >= 0.6 is 0 Å². The van der Waals surface area contributed by atoms with Crippen molar-refractivity contribution in [3.8, 4) is 11.6 Å². The number of hydrogen-bond donors (Lipinski definition) is 0. The van der Waals surface area contributed by atoms with Crippen LogP contribution in [-0.2, 0) is 6.54 Å². The molecule has 7 nitrogen and oxygen atoms in total. The molecule has 114 valence electrons. The van der Waals surface area contributed by atoms with E-state index in [9.17, 15) is 0 Å². The smallest absolute Gasteiger partial charge is 0.241 e. The molecule has 0 saturated carbocycles. The van der Waals surface area contributed by atoms with Gasteiger partial charge < -0.3 is 13.4 Å². The van der Waals surface area contributed by atoms with Crippen molar-refractivity contribution in [2.75, 3.05) is 13.1 Å². The second-order valence-electron chi connectivity index (χ2n) is 5.41. The molecule has 1 aliphatic rings. The number of likely N-dealkylation sites (tertiary alicyclic amines) is 1. The summed E-state index contributed by atoms with van der Waals surface area (Å²) in [5.41, 5.74) is 0. The number of rotatable bonds is 4. The number of aromatic nitrogens is 3. The van der Waals surface area contributed by atoms with Crippen LogP contribution in [0.1, 0.15) is 30.5 Å². The highest BCUT2D eigenvalue weighted by atomic mass is 16.5. The maximum atomic E-state index is 5.39. The third-order valence-electron chi connectivity index (χ3n) is 3.96. The van der Waals surface area contributed by atoms with Gasteiger partial charge in [-0.1, -0.05) is 5.16 Å². The minimum absolute atomic E-state index is 0.410. The Morgan fingerprint density at radius 1 is 1.18 bits per heavy atom. The van der Waals surface area contributed by atoms with Crippen LogP contribution in [0.3, 0.4) is 0 Å². The highest BCUT2D eigenvalue weighted by Gasteiger charge is 2.24. The van der Waals surface area contributed by atoms with Gasteiger partial charge in [0.2, 0.25) is 11.7 Å². The van der Waals surface area contributed by atoms with Gasteiger partial charge in [0.15, 0.2) is 11.7 Å². The lowest BCUT2D eigenvalue weighted by Crippen LogP contribution is -2.32. The van der Waals surface area contributed by atoms with Crippen molar-refractivity contribution in [3.05, 3.63) is 42.6 Å². The van der Waals surface area contributed by atoms with Gasteiger partial charge >= 0.3 is 0 Å². The Bertz CT molecular complexity index is 697. The second kappa shape index (κ2) is 5.76. The highest BCUT2D eigenvalue weighted by molar-refractivity contribution is 5.44. The predicted molar refractivity (Wildman–Crippen MR) is 75.8 cm³/mol. The van der Waals surface area contributed by atoms with E-state index in [0.717, 1.165) is 31.8 Å².